The number of carboxylic acids is 1. The van der Waals surface area contributed by atoms with Crippen LogP contribution in [0, 0.1) is 17.8 Å². The smallest absolute Gasteiger partial charge is 0.307 e. The molecule has 0 aromatic carbocycles. The van der Waals surface area contributed by atoms with Gasteiger partial charge in [0.05, 0.1) is 5.92 Å². The summed E-state index contributed by atoms with van der Waals surface area (Å²) in [5.74, 6) is 0.165. The molecule has 2 aliphatic rings. The van der Waals surface area contributed by atoms with Crippen LogP contribution in [0.1, 0.15) is 25.7 Å². The lowest BCUT2D eigenvalue weighted by Gasteiger charge is -1.99. The van der Waals surface area contributed by atoms with Gasteiger partial charge in [0.2, 0.25) is 0 Å². The van der Waals surface area contributed by atoms with Gasteiger partial charge < -0.3 is 5.11 Å². The molecule has 0 saturated heterocycles. The summed E-state index contributed by atoms with van der Waals surface area (Å²) < 4.78 is 0. The number of hydrogen-bond donors (Lipinski definition) is 1. The molecule has 2 heteroatoms. The van der Waals surface area contributed by atoms with Gasteiger partial charge in [-0.2, -0.15) is 0 Å². The van der Waals surface area contributed by atoms with Gasteiger partial charge in [0.25, 0.3) is 0 Å². The maximum atomic E-state index is 10.7. The molecule has 1 N–H and O–H groups in total. The molecule has 66 valence electrons. The summed E-state index contributed by atoms with van der Waals surface area (Å²) in [6.07, 6.45) is 8.95. The third-order valence-corrected chi connectivity index (χ3v) is 3.03. The SMILES string of the molecule is O=C(O)[C@H]1[C@@H]2C=CCCCC[C@H]21. The second kappa shape index (κ2) is 2.92. The van der Waals surface area contributed by atoms with Crippen molar-refractivity contribution in [3.8, 4) is 0 Å². The van der Waals surface area contributed by atoms with Crippen LogP contribution in [0.15, 0.2) is 12.2 Å². The van der Waals surface area contributed by atoms with Gasteiger partial charge in [-0.1, -0.05) is 18.6 Å². The Kier molecular flexibility index (Phi) is 1.91. The Hall–Kier alpha value is -0.790. The lowest BCUT2D eigenvalue weighted by molar-refractivity contribution is -0.139. The summed E-state index contributed by atoms with van der Waals surface area (Å²) in [5.41, 5.74) is 0. The minimum atomic E-state index is -0.600. The highest BCUT2D eigenvalue weighted by Gasteiger charge is 2.52. The summed E-state index contributed by atoms with van der Waals surface area (Å²) in [6, 6.07) is 0. The Morgan fingerprint density at radius 3 is 3.00 bits per heavy atom. The molecule has 0 aliphatic heterocycles. The summed E-state index contributed by atoms with van der Waals surface area (Å²) >= 11 is 0. The molecule has 0 radical (unpaired) electrons. The first-order valence-corrected chi connectivity index (χ1v) is 4.70. The Morgan fingerprint density at radius 1 is 1.42 bits per heavy atom. The summed E-state index contributed by atoms with van der Waals surface area (Å²) in [7, 11) is 0. The van der Waals surface area contributed by atoms with E-state index >= 15 is 0 Å². The van der Waals surface area contributed by atoms with Crippen LogP contribution < -0.4 is 0 Å². The first-order chi connectivity index (χ1) is 5.80. The van der Waals surface area contributed by atoms with Gasteiger partial charge in [-0.3, -0.25) is 4.79 Å². The first kappa shape index (κ1) is 7.84. The van der Waals surface area contributed by atoms with E-state index in [-0.39, 0.29) is 5.92 Å². The average molecular weight is 166 g/mol. The van der Waals surface area contributed by atoms with Crippen LogP contribution in [-0.4, -0.2) is 11.1 Å². The van der Waals surface area contributed by atoms with Crippen molar-refractivity contribution in [1.29, 1.82) is 0 Å². The highest BCUT2D eigenvalue weighted by atomic mass is 16.4. The van der Waals surface area contributed by atoms with Gasteiger partial charge >= 0.3 is 5.97 Å². The number of hydrogen-bond acceptors (Lipinski definition) is 1. The third kappa shape index (κ3) is 1.26. The van der Waals surface area contributed by atoms with E-state index in [4.69, 9.17) is 5.11 Å². The molecule has 3 atom stereocenters. The zero-order chi connectivity index (χ0) is 8.55. The molecule has 2 nitrogen and oxygen atoms in total. The molecule has 0 unspecified atom stereocenters. The van der Waals surface area contributed by atoms with Crippen LogP contribution in [0.4, 0.5) is 0 Å². The molecule has 2 rings (SSSR count). The third-order valence-electron chi connectivity index (χ3n) is 3.03. The van der Waals surface area contributed by atoms with Gasteiger partial charge in [-0.25, -0.2) is 0 Å². The molecule has 1 fully saturated rings. The van der Waals surface area contributed by atoms with E-state index in [1.807, 2.05) is 0 Å². The first-order valence-electron chi connectivity index (χ1n) is 4.70. The van der Waals surface area contributed by atoms with Crippen molar-refractivity contribution in [1.82, 2.24) is 0 Å². The van der Waals surface area contributed by atoms with Gasteiger partial charge in [0.1, 0.15) is 0 Å². The van der Waals surface area contributed by atoms with Gasteiger partial charge in [-0.15, -0.1) is 0 Å². The lowest BCUT2D eigenvalue weighted by atomic mass is 10.1. The van der Waals surface area contributed by atoms with Crippen molar-refractivity contribution < 1.29 is 9.90 Å². The molecule has 1 saturated carbocycles. The fourth-order valence-electron chi connectivity index (χ4n) is 2.28. The molecule has 0 heterocycles. The summed E-state index contributed by atoms with van der Waals surface area (Å²) in [5, 5.41) is 8.83. The molecular formula is C10H14O2. The number of allylic oxidation sites excluding steroid dienone is 2. The fourth-order valence-corrected chi connectivity index (χ4v) is 2.28. The number of rotatable bonds is 1. The summed E-state index contributed by atoms with van der Waals surface area (Å²) in [6.45, 7) is 0. The van der Waals surface area contributed by atoms with E-state index in [0.29, 0.717) is 11.8 Å². The number of aliphatic carboxylic acids is 1. The topological polar surface area (TPSA) is 37.3 Å². The van der Waals surface area contributed by atoms with E-state index in [9.17, 15) is 4.79 Å². The minimum absolute atomic E-state index is 0.0562. The maximum absolute atomic E-state index is 10.7. The van der Waals surface area contributed by atoms with Crippen molar-refractivity contribution in [3.63, 3.8) is 0 Å². The van der Waals surface area contributed by atoms with E-state index in [0.717, 1.165) is 12.8 Å². The largest absolute Gasteiger partial charge is 0.481 e. The summed E-state index contributed by atoms with van der Waals surface area (Å²) in [4.78, 5) is 10.7. The van der Waals surface area contributed by atoms with Crippen molar-refractivity contribution in [2.45, 2.75) is 25.7 Å². The Morgan fingerprint density at radius 2 is 2.25 bits per heavy atom. The second-order valence-electron chi connectivity index (χ2n) is 3.82. The van der Waals surface area contributed by atoms with E-state index in [2.05, 4.69) is 12.2 Å². The van der Waals surface area contributed by atoms with Crippen molar-refractivity contribution in [3.05, 3.63) is 12.2 Å². The van der Waals surface area contributed by atoms with E-state index < -0.39 is 5.97 Å². The Bertz CT molecular complexity index is 220. The lowest BCUT2D eigenvalue weighted by Crippen LogP contribution is -1.99. The second-order valence-corrected chi connectivity index (χ2v) is 3.82. The molecule has 0 amide bonds. The quantitative estimate of drug-likeness (QED) is 0.605. The fraction of sp³-hybridized carbons (Fsp3) is 0.700. The Labute approximate surface area is 72.3 Å². The molecule has 0 bridgehead atoms. The molecule has 0 spiro atoms. The highest BCUT2D eigenvalue weighted by molar-refractivity contribution is 5.74. The molecule has 2 aliphatic carbocycles. The van der Waals surface area contributed by atoms with Crippen LogP contribution in [0.2, 0.25) is 0 Å². The van der Waals surface area contributed by atoms with Crippen molar-refractivity contribution in [2.75, 3.05) is 0 Å². The van der Waals surface area contributed by atoms with Crippen LogP contribution >= 0.6 is 0 Å². The zero-order valence-electron chi connectivity index (χ0n) is 7.07. The number of carbonyl (C=O) groups is 1. The van der Waals surface area contributed by atoms with Gasteiger partial charge in [-0.05, 0) is 31.1 Å². The molecule has 12 heavy (non-hydrogen) atoms. The predicted molar refractivity (Wildman–Crippen MR) is 45.7 cm³/mol. The highest BCUT2D eigenvalue weighted by Crippen LogP contribution is 2.51. The molecule has 0 aromatic rings. The minimum Gasteiger partial charge on any atom is -0.481 e. The number of carboxylic acid groups (broad SMARTS) is 1. The van der Waals surface area contributed by atoms with Crippen LogP contribution in [0.3, 0.4) is 0 Å². The molecule has 0 aromatic heterocycles. The van der Waals surface area contributed by atoms with Gasteiger partial charge in [0.15, 0.2) is 0 Å². The van der Waals surface area contributed by atoms with E-state index in [1.165, 1.54) is 12.8 Å². The van der Waals surface area contributed by atoms with Crippen molar-refractivity contribution in [2.24, 2.45) is 17.8 Å². The predicted octanol–water partition coefficient (Wildman–Crippen LogP) is 2.06. The zero-order valence-corrected chi connectivity index (χ0v) is 7.07. The van der Waals surface area contributed by atoms with E-state index in [1.54, 1.807) is 0 Å². The van der Waals surface area contributed by atoms with Crippen LogP contribution in [-0.2, 0) is 4.79 Å². The van der Waals surface area contributed by atoms with Crippen molar-refractivity contribution >= 4 is 5.97 Å². The maximum Gasteiger partial charge on any atom is 0.307 e. The average Bonchev–Trinajstić information content (AvgIpc) is 2.60. The van der Waals surface area contributed by atoms with Crippen LogP contribution in [0.25, 0.3) is 0 Å². The Balaban J connectivity index is 2.03. The standard InChI is InChI=1S/C10H14O2/c11-10(12)9-7-5-3-1-2-4-6-8(7)9/h3,5,7-9H,1-2,4,6H2,(H,11,12)/t7-,8-,9+/m1/s1. The van der Waals surface area contributed by atoms with Crippen LogP contribution in [0.5, 0.6) is 0 Å². The number of fused-ring (bicyclic) bond motifs is 1. The van der Waals surface area contributed by atoms with Gasteiger partial charge in [0, 0.05) is 0 Å². The monoisotopic (exact) mass is 166 g/mol. The molecular weight excluding hydrogens is 152 g/mol. The normalized spacial score (nSPS) is 39.5.